The molecule has 0 atom stereocenters. The Morgan fingerprint density at radius 3 is 2.30 bits per heavy atom. The molecule has 1 aromatic heterocycles. The zero-order valence-electron chi connectivity index (χ0n) is 15.1. The maximum Gasteiger partial charge on any atom is 0.434 e. The Morgan fingerprint density at radius 1 is 1.03 bits per heavy atom. The van der Waals surface area contributed by atoms with Gasteiger partial charge in [-0.25, -0.2) is 4.98 Å². The number of carbonyl (C=O) groups is 3. The Labute approximate surface area is 172 Å². The van der Waals surface area contributed by atoms with E-state index in [1.54, 1.807) is 36.4 Å². The van der Waals surface area contributed by atoms with Crippen LogP contribution in [0.25, 0.3) is 0 Å². The Hall–Kier alpha value is -3.53. The number of alkyl halides is 3. The van der Waals surface area contributed by atoms with Crippen LogP contribution in [-0.4, -0.2) is 27.6 Å². The maximum atomic E-state index is 12.6. The molecule has 0 spiro atoms. The summed E-state index contributed by atoms with van der Waals surface area (Å²) >= 11 is 0.663. The first-order valence-corrected chi connectivity index (χ1v) is 9.50. The molecule has 1 N–H and O–H groups in total. The number of amides is 3. The number of carbonyl (C=O) groups excluding carboxylic acids is 3. The summed E-state index contributed by atoms with van der Waals surface area (Å²) in [5.41, 5.74) is 0.239. The number of rotatable bonds is 4. The number of hydrogen-bond acceptors (Lipinski definition) is 5. The standard InChI is InChI=1S/C20H12F3N3O3S/c21-20(22,23)15-10-30-19(24-15)25-16(27)12-5-3-4-11(8-12)9-26-17(28)13-6-1-2-7-14(13)18(26)29/h1-8,10H,9H2,(H,24,25,27). The predicted octanol–water partition coefficient (Wildman–Crippen LogP) is 4.21. The van der Waals surface area contributed by atoms with Gasteiger partial charge in [0, 0.05) is 10.9 Å². The first kappa shape index (κ1) is 19.8. The van der Waals surface area contributed by atoms with Gasteiger partial charge in [0.05, 0.1) is 17.7 Å². The summed E-state index contributed by atoms with van der Waals surface area (Å²) in [4.78, 5) is 41.8. The number of fused-ring (bicyclic) bond motifs is 1. The normalized spacial score (nSPS) is 13.5. The van der Waals surface area contributed by atoms with Gasteiger partial charge in [-0.05, 0) is 29.8 Å². The molecule has 2 heterocycles. The van der Waals surface area contributed by atoms with Crippen molar-refractivity contribution in [2.75, 3.05) is 5.32 Å². The third-order valence-electron chi connectivity index (χ3n) is 4.42. The second-order valence-corrected chi connectivity index (χ2v) is 7.29. The quantitative estimate of drug-likeness (QED) is 0.628. The van der Waals surface area contributed by atoms with Crippen molar-refractivity contribution < 1.29 is 27.6 Å². The Bertz CT molecular complexity index is 1140. The summed E-state index contributed by atoms with van der Waals surface area (Å²) in [6, 6.07) is 12.6. The highest BCUT2D eigenvalue weighted by atomic mass is 32.1. The third-order valence-corrected chi connectivity index (χ3v) is 5.18. The number of nitrogens with one attached hydrogen (secondary N) is 1. The molecule has 0 saturated carbocycles. The lowest BCUT2D eigenvalue weighted by atomic mass is 10.1. The highest BCUT2D eigenvalue weighted by Gasteiger charge is 2.35. The smallest absolute Gasteiger partial charge is 0.298 e. The van der Waals surface area contributed by atoms with Crippen molar-refractivity contribution >= 4 is 34.2 Å². The van der Waals surface area contributed by atoms with Crippen molar-refractivity contribution in [3.8, 4) is 0 Å². The van der Waals surface area contributed by atoms with Crippen LogP contribution >= 0.6 is 11.3 Å². The van der Waals surface area contributed by atoms with Crippen molar-refractivity contribution in [3.05, 3.63) is 81.9 Å². The van der Waals surface area contributed by atoms with Gasteiger partial charge in [-0.1, -0.05) is 24.3 Å². The first-order chi connectivity index (χ1) is 14.2. The molecular formula is C20H12F3N3O3S. The molecule has 3 aromatic rings. The Kier molecular flexibility index (Phi) is 4.86. The molecular weight excluding hydrogens is 419 g/mol. The number of nitrogens with zero attached hydrogens (tertiary/aromatic N) is 2. The van der Waals surface area contributed by atoms with Crippen LogP contribution in [0.3, 0.4) is 0 Å². The predicted molar refractivity (Wildman–Crippen MR) is 102 cm³/mol. The molecule has 0 radical (unpaired) electrons. The van der Waals surface area contributed by atoms with E-state index in [0.29, 0.717) is 28.0 Å². The van der Waals surface area contributed by atoms with E-state index in [0.717, 1.165) is 10.3 Å². The monoisotopic (exact) mass is 431 g/mol. The van der Waals surface area contributed by atoms with Crippen LogP contribution < -0.4 is 5.32 Å². The SMILES string of the molecule is O=C(Nc1nc(C(F)(F)F)cs1)c1cccc(CN2C(=O)c3ccccc3C2=O)c1. The second kappa shape index (κ2) is 7.38. The van der Waals surface area contributed by atoms with Crippen LogP contribution in [-0.2, 0) is 12.7 Å². The lowest BCUT2D eigenvalue weighted by Gasteiger charge is -2.14. The van der Waals surface area contributed by atoms with Gasteiger partial charge in [0.1, 0.15) is 0 Å². The minimum absolute atomic E-state index is 0.0387. The maximum absolute atomic E-state index is 12.6. The average Bonchev–Trinajstić information content (AvgIpc) is 3.28. The third kappa shape index (κ3) is 3.69. The molecule has 0 unspecified atom stereocenters. The molecule has 6 nitrogen and oxygen atoms in total. The molecule has 0 bridgehead atoms. The van der Waals surface area contributed by atoms with E-state index in [2.05, 4.69) is 10.3 Å². The fourth-order valence-corrected chi connectivity index (χ4v) is 3.72. The second-order valence-electron chi connectivity index (χ2n) is 6.43. The molecule has 10 heteroatoms. The van der Waals surface area contributed by atoms with E-state index in [-0.39, 0.29) is 17.2 Å². The highest BCUT2D eigenvalue weighted by Crippen LogP contribution is 2.31. The number of benzene rings is 2. The number of anilines is 1. The van der Waals surface area contributed by atoms with Crippen LogP contribution in [0, 0.1) is 0 Å². The van der Waals surface area contributed by atoms with E-state index in [1.165, 1.54) is 12.1 Å². The Morgan fingerprint density at radius 2 is 1.70 bits per heavy atom. The summed E-state index contributed by atoms with van der Waals surface area (Å²) < 4.78 is 37.9. The van der Waals surface area contributed by atoms with Crippen molar-refractivity contribution in [1.29, 1.82) is 0 Å². The fraction of sp³-hybridized carbons (Fsp3) is 0.100. The molecule has 1 aliphatic heterocycles. The van der Waals surface area contributed by atoms with Crippen LogP contribution in [0.1, 0.15) is 42.3 Å². The van der Waals surface area contributed by atoms with Crippen molar-refractivity contribution in [3.63, 3.8) is 0 Å². The van der Waals surface area contributed by atoms with Gasteiger partial charge in [-0.2, -0.15) is 13.2 Å². The lowest BCUT2D eigenvalue weighted by Crippen LogP contribution is -2.29. The fourth-order valence-electron chi connectivity index (χ4n) is 3.01. The van der Waals surface area contributed by atoms with Crippen molar-refractivity contribution in [1.82, 2.24) is 9.88 Å². The number of thiazole rings is 1. The van der Waals surface area contributed by atoms with E-state index in [4.69, 9.17) is 0 Å². The Balaban J connectivity index is 1.49. The molecule has 0 saturated heterocycles. The number of hydrogen-bond donors (Lipinski definition) is 1. The first-order valence-electron chi connectivity index (χ1n) is 8.62. The molecule has 0 aliphatic carbocycles. The molecule has 0 fully saturated rings. The average molecular weight is 431 g/mol. The number of halogens is 3. The molecule has 4 rings (SSSR count). The van der Waals surface area contributed by atoms with Gasteiger partial charge in [0.2, 0.25) is 0 Å². The van der Waals surface area contributed by atoms with Gasteiger partial charge in [0.15, 0.2) is 10.8 Å². The van der Waals surface area contributed by atoms with Gasteiger partial charge >= 0.3 is 6.18 Å². The van der Waals surface area contributed by atoms with Crippen LogP contribution in [0.4, 0.5) is 18.3 Å². The molecule has 30 heavy (non-hydrogen) atoms. The molecule has 152 valence electrons. The van der Waals surface area contributed by atoms with E-state index in [9.17, 15) is 27.6 Å². The van der Waals surface area contributed by atoms with Gasteiger partial charge in [0.25, 0.3) is 17.7 Å². The number of imide groups is 1. The van der Waals surface area contributed by atoms with Crippen LogP contribution in [0.15, 0.2) is 53.9 Å². The minimum atomic E-state index is -4.59. The van der Waals surface area contributed by atoms with E-state index >= 15 is 0 Å². The zero-order valence-corrected chi connectivity index (χ0v) is 15.9. The van der Waals surface area contributed by atoms with E-state index in [1.807, 2.05) is 0 Å². The summed E-state index contributed by atoms with van der Waals surface area (Å²) in [5, 5.41) is 2.96. The minimum Gasteiger partial charge on any atom is -0.298 e. The molecule has 2 aromatic carbocycles. The summed E-state index contributed by atoms with van der Waals surface area (Å²) in [6.45, 7) is -0.0387. The van der Waals surface area contributed by atoms with Crippen molar-refractivity contribution in [2.45, 2.75) is 12.7 Å². The zero-order chi connectivity index (χ0) is 21.5. The summed E-state index contributed by atoms with van der Waals surface area (Å²) in [7, 11) is 0. The van der Waals surface area contributed by atoms with E-state index < -0.39 is 29.6 Å². The molecule has 3 amide bonds. The largest absolute Gasteiger partial charge is 0.434 e. The summed E-state index contributed by atoms with van der Waals surface area (Å²) in [6.07, 6.45) is -4.59. The van der Waals surface area contributed by atoms with Crippen LogP contribution in [0.5, 0.6) is 0 Å². The number of aromatic nitrogens is 1. The molecule has 1 aliphatic rings. The van der Waals surface area contributed by atoms with Gasteiger partial charge < -0.3 is 0 Å². The summed E-state index contributed by atoms with van der Waals surface area (Å²) in [5.74, 6) is -1.50. The van der Waals surface area contributed by atoms with Gasteiger partial charge in [-0.3, -0.25) is 24.6 Å². The lowest BCUT2D eigenvalue weighted by molar-refractivity contribution is -0.140. The highest BCUT2D eigenvalue weighted by molar-refractivity contribution is 7.14. The van der Waals surface area contributed by atoms with Crippen molar-refractivity contribution in [2.24, 2.45) is 0 Å². The topological polar surface area (TPSA) is 79.4 Å². The van der Waals surface area contributed by atoms with Crippen LogP contribution in [0.2, 0.25) is 0 Å². The van der Waals surface area contributed by atoms with Gasteiger partial charge in [-0.15, -0.1) is 11.3 Å².